The van der Waals surface area contributed by atoms with Crippen molar-refractivity contribution in [2.24, 2.45) is 0 Å². The van der Waals surface area contributed by atoms with Crippen molar-refractivity contribution in [2.45, 2.75) is 77.6 Å². The Hall–Kier alpha value is -8.31. The van der Waals surface area contributed by atoms with Crippen molar-refractivity contribution in [1.82, 2.24) is 14.1 Å². The number of para-hydroxylation sites is 4. The zero-order valence-corrected chi connectivity index (χ0v) is 47.5. The molecule has 0 spiro atoms. The van der Waals surface area contributed by atoms with Crippen molar-refractivity contribution in [2.75, 3.05) is 0 Å². The predicted molar refractivity (Wildman–Crippen MR) is 317 cm³/mol. The molecule has 13 aromatic rings. The summed E-state index contributed by atoms with van der Waals surface area (Å²) in [6.07, 6.45) is 8.16. The summed E-state index contributed by atoms with van der Waals surface area (Å²) in [6, 6.07) is 72.9. The van der Waals surface area contributed by atoms with Crippen LogP contribution in [0.25, 0.3) is 116 Å². The first-order chi connectivity index (χ1) is 37.8. The van der Waals surface area contributed by atoms with Gasteiger partial charge in [-0.15, -0.1) is 29.7 Å². The maximum atomic E-state index is 6.82. The number of hydrogen-bond donors (Lipinski definition) is 0. The third kappa shape index (κ3) is 7.70. The summed E-state index contributed by atoms with van der Waals surface area (Å²) in [4.78, 5) is 4.91. The van der Waals surface area contributed by atoms with Crippen LogP contribution in [0, 0.1) is 18.5 Å². The monoisotopic (exact) mass is 1200 g/mol. The Balaban J connectivity index is 0.00000564. The molecule has 0 unspecified atom stereocenters. The molecule has 7 heteroatoms. The number of aromatic nitrogens is 4. The molecule has 0 saturated carbocycles. The Kier molecular flexibility index (Phi) is 11.1. The van der Waals surface area contributed by atoms with Crippen molar-refractivity contribution in [3.8, 4) is 73.2 Å². The van der Waals surface area contributed by atoms with Crippen LogP contribution in [0.3, 0.4) is 0 Å². The molecule has 0 amide bonds. The van der Waals surface area contributed by atoms with Gasteiger partial charge in [-0.1, -0.05) is 163 Å². The second-order valence-corrected chi connectivity index (χ2v) is 23.8. The molecule has 0 fully saturated rings. The van der Waals surface area contributed by atoms with Gasteiger partial charge in [0.05, 0.1) is 16.7 Å². The molecule has 6 nitrogen and oxygen atoms in total. The second-order valence-electron chi connectivity index (χ2n) is 23.8. The van der Waals surface area contributed by atoms with Crippen LogP contribution in [0.5, 0.6) is 11.5 Å². The van der Waals surface area contributed by atoms with E-state index < -0.39 is 0 Å². The minimum absolute atomic E-state index is 0. The van der Waals surface area contributed by atoms with Crippen LogP contribution in [-0.4, -0.2) is 14.1 Å². The Morgan fingerprint density at radius 1 is 0.544 bits per heavy atom. The van der Waals surface area contributed by atoms with E-state index in [0.717, 1.165) is 107 Å². The average Bonchev–Trinajstić information content (AvgIpc) is 4.30. The molecule has 0 bridgehead atoms. The minimum atomic E-state index is -0.0461. The number of furan rings is 1. The van der Waals surface area contributed by atoms with E-state index in [1.54, 1.807) is 0 Å². The van der Waals surface area contributed by atoms with Gasteiger partial charge in [0.2, 0.25) is 0 Å². The van der Waals surface area contributed by atoms with Crippen molar-refractivity contribution in [3.05, 3.63) is 223 Å². The van der Waals surface area contributed by atoms with Gasteiger partial charge < -0.3 is 18.3 Å². The third-order valence-electron chi connectivity index (χ3n) is 17.0. The number of fused-ring (bicyclic) bond motifs is 14. The molecule has 0 saturated heterocycles. The smallest absolute Gasteiger partial charge is 0.268 e. The van der Waals surface area contributed by atoms with E-state index in [-0.39, 0.29) is 37.3 Å². The van der Waals surface area contributed by atoms with Gasteiger partial charge in [-0.05, 0) is 144 Å². The topological polar surface area (TPSA) is 49.0 Å². The summed E-state index contributed by atoms with van der Waals surface area (Å²) in [5, 5.41) is 4.39. The number of rotatable bonds is 5. The largest absolute Gasteiger partial charge is 0.510 e. The quantitative estimate of drug-likeness (QED) is 0.127. The third-order valence-corrected chi connectivity index (χ3v) is 17.0. The standard InChI is InChI=1S/C72H56N4O2.Pt/c1-70(2,3)45-33-36-73-67(38-45)76-62-26-12-10-21-52(62)53-31-30-48(40-64(53)76)77-47-18-14-17-46(39-47)74-43-75-68-49(44-29-32-66-59(37-44)54-22-11-13-28-65(54)78-66)23-15-24-56(68)58-42-61-60(71(4,5)34-35-72(61,6)7)41-57(58)51-20-9-8-19-50(51)55-25-16-27-63(74)69(55)75;/h8-33,36-38,41-42H,34-35H2,1-7H3;/q-2;. The molecule has 15 rings (SSSR count). The Morgan fingerprint density at radius 2 is 1.18 bits per heavy atom. The molecule has 0 N–H and O–H groups in total. The van der Waals surface area contributed by atoms with Gasteiger partial charge in [0.25, 0.3) is 6.33 Å². The average molecular weight is 1200 g/mol. The predicted octanol–water partition coefficient (Wildman–Crippen LogP) is 18.1. The fourth-order valence-electron chi connectivity index (χ4n) is 12.8. The number of nitrogens with zero attached hydrogens (tertiary/aromatic N) is 4. The van der Waals surface area contributed by atoms with Gasteiger partial charge in [-0.2, -0.15) is 18.2 Å². The molecule has 1 aliphatic heterocycles. The zero-order valence-electron chi connectivity index (χ0n) is 45.2. The fraction of sp³-hybridized carbons (Fsp3) is 0.167. The summed E-state index contributed by atoms with van der Waals surface area (Å²) in [5.41, 5.74) is 20.9. The fourth-order valence-corrected chi connectivity index (χ4v) is 12.8. The van der Waals surface area contributed by atoms with Gasteiger partial charge in [-0.25, -0.2) is 4.98 Å². The Labute approximate surface area is 474 Å². The molecule has 1 aliphatic carbocycles. The molecular formula is C72H56N4O2Pt-2. The summed E-state index contributed by atoms with van der Waals surface area (Å²) in [5.74, 6) is 1.99. The van der Waals surface area contributed by atoms with E-state index in [4.69, 9.17) is 14.1 Å². The number of ether oxygens (including phenoxy) is 1. The van der Waals surface area contributed by atoms with Gasteiger partial charge in [0.1, 0.15) is 17.0 Å². The van der Waals surface area contributed by atoms with Gasteiger partial charge in [0.15, 0.2) is 0 Å². The molecule has 388 valence electrons. The van der Waals surface area contributed by atoms with Gasteiger partial charge in [0, 0.05) is 55.1 Å². The summed E-state index contributed by atoms with van der Waals surface area (Å²) < 4.78 is 19.9. The van der Waals surface area contributed by atoms with Crippen molar-refractivity contribution >= 4 is 54.8 Å². The van der Waals surface area contributed by atoms with E-state index in [9.17, 15) is 0 Å². The molecular weight excluding hydrogens is 1150 g/mol. The molecule has 4 aromatic heterocycles. The molecule has 79 heavy (non-hydrogen) atoms. The number of hydrogen-bond acceptors (Lipinski definition) is 3. The number of imidazole rings is 1. The van der Waals surface area contributed by atoms with Crippen LogP contribution in [0.1, 0.15) is 78.0 Å². The van der Waals surface area contributed by atoms with Crippen molar-refractivity contribution in [3.63, 3.8) is 0 Å². The zero-order chi connectivity index (χ0) is 52.8. The van der Waals surface area contributed by atoms with Crippen LogP contribution in [-0.2, 0) is 37.3 Å². The Bertz CT molecular complexity index is 4660. The molecule has 9 aromatic carbocycles. The van der Waals surface area contributed by atoms with Gasteiger partial charge in [-0.3, -0.25) is 4.57 Å². The van der Waals surface area contributed by atoms with E-state index in [0.29, 0.717) is 11.5 Å². The van der Waals surface area contributed by atoms with Crippen molar-refractivity contribution in [1.29, 1.82) is 0 Å². The SMILES string of the molecule is CC(C)(C)c1ccnc(-n2c3[c-]c(Oc4[c-]c(-n5[c-][n+]6c7c(cccc75)-c5ccccc5-c5cc7c(cc5-c5cccc(-c8ccc9oc%10ccccc%10c9c8)c5-6)C(C)(C)CCC7(C)C)ccc4)ccc3c3ccccc32)c1.[Pt]. The second kappa shape index (κ2) is 17.9. The van der Waals surface area contributed by atoms with Crippen LogP contribution in [0.15, 0.2) is 193 Å². The van der Waals surface area contributed by atoms with Crippen molar-refractivity contribution < 1.29 is 34.8 Å². The summed E-state index contributed by atoms with van der Waals surface area (Å²) in [7, 11) is 0. The van der Waals surface area contributed by atoms with Crippen LogP contribution >= 0.6 is 0 Å². The number of pyridine rings is 1. The van der Waals surface area contributed by atoms with Crippen LogP contribution in [0.2, 0.25) is 0 Å². The molecule has 5 heterocycles. The van der Waals surface area contributed by atoms with Crippen LogP contribution < -0.4 is 9.30 Å². The van der Waals surface area contributed by atoms with E-state index in [1.807, 2.05) is 30.5 Å². The normalized spacial score (nSPS) is 14.3. The first-order valence-electron chi connectivity index (χ1n) is 27.2. The number of benzene rings is 9. The van der Waals surface area contributed by atoms with E-state index in [2.05, 4.69) is 238 Å². The first-order valence-corrected chi connectivity index (χ1v) is 27.2. The summed E-state index contributed by atoms with van der Waals surface area (Å²) in [6.45, 7) is 16.4. The maximum Gasteiger partial charge on any atom is 0.268 e. The van der Waals surface area contributed by atoms with E-state index in [1.165, 1.54) is 38.9 Å². The molecule has 0 radical (unpaired) electrons. The molecule has 2 aliphatic rings. The van der Waals surface area contributed by atoms with Crippen LogP contribution in [0.4, 0.5) is 0 Å². The molecule has 0 atom stereocenters. The van der Waals surface area contributed by atoms with Gasteiger partial charge >= 0.3 is 0 Å². The minimum Gasteiger partial charge on any atom is -0.510 e. The Morgan fingerprint density at radius 3 is 1.97 bits per heavy atom. The first kappa shape index (κ1) is 49.0. The summed E-state index contributed by atoms with van der Waals surface area (Å²) >= 11 is 0. The van der Waals surface area contributed by atoms with E-state index >= 15 is 0 Å². The maximum absolute atomic E-state index is 6.82.